The number of rotatable bonds is 5. The maximum Gasteiger partial charge on any atom is 0.310 e. The number of carbonyl (C=O) groups excluding carboxylic acids is 1. The zero-order valence-electron chi connectivity index (χ0n) is 21.0. The molecule has 0 radical (unpaired) electrons. The van der Waals surface area contributed by atoms with E-state index in [4.69, 9.17) is 20.1 Å². The van der Waals surface area contributed by atoms with Crippen LogP contribution in [0.3, 0.4) is 0 Å². The van der Waals surface area contributed by atoms with Crippen LogP contribution in [-0.4, -0.2) is 60.3 Å². The summed E-state index contributed by atoms with van der Waals surface area (Å²) in [5, 5.41) is 18.8. The van der Waals surface area contributed by atoms with E-state index in [0.29, 0.717) is 0 Å². The lowest BCUT2D eigenvalue weighted by Gasteiger charge is -2.15. The van der Waals surface area contributed by atoms with Crippen LogP contribution in [0.5, 0.6) is 0 Å². The smallest absolute Gasteiger partial charge is 0.310 e. The van der Waals surface area contributed by atoms with Gasteiger partial charge in [-0.3, -0.25) is 0 Å². The van der Waals surface area contributed by atoms with Gasteiger partial charge < -0.3 is 19.7 Å². The molecule has 0 fully saturated rings. The average Bonchev–Trinajstić information content (AvgIpc) is 3.18. The summed E-state index contributed by atoms with van der Waals surface area (Å²) in [5.41, 5.74) is 2.14. The lowest BCUT2D eigenvalue weighted by molar-refractivity contribution is -0.687. The molecular weight excluding hydrogens is 428 g/mol. The van der Waals surface area contributed by atoms with Crippen molar-refractivity contribution in [3.63, 3.8) is 0 Å². The molecular formula is C26H34N6O2. The first-order valence-corrected chi connectivity index (χ1v) is 11.1. The van der Waals surface area contributed by atoms with E-state index in [0.717, 1.165) is 35.5 Å². The van der Waals surface area contributed by atoms with Gasteiger partial charge in [0.25, 0.3) is 0 Å². The fourth-order valence-electron chi connectivity index (χ4n) is 3.27. The van der Waals surface area contributed by atoms with Crippen LogP contribution in [0.15, 0.2) is 83.3 Å². The molecule has 0 saturated carbocycles. The Labute approximate surface area is 202 Å². The summed E-state index contributed by atoms with van der Waals surface area (Å²) in [5.74, 6) is 1.92. The quantitative estimate of drug-likeness (QED) is 0.331. The van der Waals surface area contributed by atoms with E-state index in [-0.39, 0.29) is 5.92 Å². The van der Waals surface area contributed by atoms with Gasteiger partial charge in [0.05, 0.1) is 5.92 Å². The minimum Gasteiger partial charge on any atom is -0.550 e. The molecule has 0 aliphatic heterocycles. The molecule has 8 nitrogen and oxygen atoms in total. The number of aliphatic carboxylic acids is 1. The normalized spacial score (nSPS) is 11.6. The lowest BCUT2D eigenvalue weighted by atomic mass is 10.2. The van der Waals surface area contributed by atoms with Gasteiger partial charge in [-0.25, -0.2) is 0 Å². The highest BCUT2D eigenvalue weighted by molar-refractivity contribution is 5.98. The molecule has 3 rings (SSSR count). The molecule has 0 unspecified atom stereocenters. The van der Waals surface area contributed by atoms with Crippen LogP contribution in [0.4, 0.5) is 0 Å². The van der Waals surface area contributed by atoms with E-state index in [1.807, 2.05) is 96.1 Å². The highest BCUT2D eigenvalue weighted by atomic mass is 16.4. The van der Waals surface area contributed by atoms with Crippen LogP contribution in [0.25, 0.3) is 0 Å². The van der Waals surface area contributed by atoms with Crippen molar-refractivity contribution < 1.29 is 14.6 Å². The summed E-state index contributed by atoms with van der Waals surface area (Å²) in [7, 11) is 8.04. The molecule has 34 heavy (non-hydrogen) atoms. The monoisotopic (exact) mass is 462 g/mol. The zero-order chi connectivity index (χ0) is 25.3. The lowest BCUT2D eigenvalue weighted by Crippen LogP contribution is -2.37. The van der Waals surface area contributed by atoms with Gasteiger partial charge >= 0.3 is 5.82 Å². The molecule has 1 aromatic heterocycles. The first kappa shape index (κ1) is 26.3. The Morgan fingerprint density at radius 1 is 0.882 bits per heavy atom. The summed E-state index contributed by atoms with van der Waals surface area (Å²) in [6.07, 6.45) is 3.92. The highest BCUT2D eigenvalue weighted by Gasteiger charge is 2.24. The number of hydrogen-bond donors (Lipinski definition) is 0. The first-order chi connectivity index (χ1) is 16.1. The van der Waals surface area contributed by atoms with E-state index >= 15 is 0 Å². The molecule has 180 valence electrons. The van der Waals surface area contributed by atoms with Gasteiger partial charge in [0.2, 0.25) is 0 Å². The predicted molar refractivity (Wildman–Crippen MR) is 134 cm³/mol. The largest absolute Gasteiger partial charge is 0.550 e. The van der Waals surface area contributed by atoms with Crippen LogP contribution < -0.4 is 9.78 Å². The fraction of sp³-hybridized carbons (Fsp3) is 0.308. The third-order valence-corrected chi connectivity index (χ3v) is 4.65. The molecule has 0 aliphatic carbocycles. The number of amidine groups is 2. The fourth-order valence-corrected chi connectivity index (χ4v) is 3.27. The summed E-state index contributed by atoms with van der Waals surface area (Å²) in [4.78, 5) is 12.9. The molecule has 0 atom stereocenters. The van der Waals surface area contributed by atoms with E-state index in [9.17, 15) is 0 Å². The van der Waals surface area contributed by atoms with E-state index in [1.54, 1.807) is 0 Å². The molecule has 0 bridgehead atoms. The third kappa shape index (κ3) is 7.30. The number of hydrogen-bond acceptors (Lipinski definition) is 4. The average molecular weight is 463 g/mol. The number of carboxylic acids is 1. The zero-order valence-corrected chi connectivity index (χ0v) is 21.0. The summed E-state index contributed by atoms with van der Waals surface area (Å²) in [6.45, 7) is 5.28. The first-order valence-electron chi connectivity index (χ1n) is 11.1. The Morgan fingerprint density at radius 2 is 1.32 bits per heavy atom. The molecule has 0 spiro atoms. The number of carbonyl (C=O) groups is 1. The number of imidazole rings is 1. The standard InChI is InChI=1S/C24H31N6.C2H4O2/c1-19(2)24-29(25-22(27(3)4)20-13-9-7-10-14-20)17-18-30(24)26-23(28(5)6)21-15-11-8-12-16-21;1-2(3)4/h7-19H,1-6H3;1H3,(H,3,4)/q+1;/p-1. The van der Waals surface area contributed by atoms with Crippen molar-refractivity contribution in [1.29, 1.82) is 0 Å². The van der Waals surface area contributed by atoms with Gasteiger partial charge in [-0.05, 0) is 6.92 Å². The van der Waals surface area contributed by atoms with Crippen molar-refractivity contribution in [2.45, 2.75) is 26.7 Å². The molecule has 0 amide bonds. The number of benzene rings is 2. The minimum atomic E-state index is -1.08. The van der Waals surface area contributed by atoms with Crippen molar-refractivity contribution in [2.75, 3.05) is 28.2 Å². The van der Waals surface area contributed by atoms with Crippen molar-refractivity contribution in [3.8, 4) is 0 Å². The summed E-state index contributed by atoms with van der Waals surface area (Å²) in [6, 6.07) is 20.4. The van der Waals surface area contributed by atoms with Crippen LogP contribution in [0.2, 0.25) is 0 Å². The number of nitrogens with zero attached hydrogens (tertiary/aromatic N) is 6. The second kappa shape index (κ2) is 12.3. The Kier molecular flexibility index (Phi) is 9.55. The SMILES string of the molecule is CC(=O)[O-].CC(C)c1n(N=C(c2ccccc2)N(C)C)cc[n+]1N=C(c1ccccc1)N(C)C. The summed E-state index contributed by atoms with van der Waals surface area (Å²) < 4.78 is 3.85. The van der Waals surface area contributed by atoms with Crippen molar-refractivity contribution in [2.24, 2.45) is 10.2 Å². The van der Waals surface area contributed by atoms with Crippen molar-refractivity contribution >= 4 is 17.6 Å². The predicted octanol–water partition coefficient (Wildman–Crippen LogP) is 2.20. The van der Waals surface area contributed by atoms with Gasteiger partial charge in [-0.2, -0.15) is 0 Å². The van der Waals surface area contributed by atoms with Gasteiger partial charge in [0.15, 0.2) is 24.1 Å². The van der Waals surface area contributed by atoms with Crippen molar-refractivity contribution in [1.82, 2.24) is 14.5 Å². The second-order valence-electron chi connectivity index (χ2n) is 8.36. The number of aromatic nitrogens is 2. The molecule has 0 N–H and O–H groups in total. The number of carboxylic acid groups (broad SMARTS) is 1. The Morgan fingerprint density at radius 3 is 1.74 bits per heavy atom. The molecule has 1 heterocycles. The molecule has 2 aromatic carbocycles. The Bertz CT molecular complexity index is 1030. The third-order valence-electron chi connectivity index (χ3n) is 4.65. The molecule has 0 aliphatic rings. The van der Waals surface area contributed by atoms with E-state index < -0.39 is 5.97 Å². The van der Waals surface area contributed by atoms with Gasteiger partial charge in [0, 0.05) is 45.3 Å². The van der Waals surface area contributed by atoms with Crippen molar-refractivity contribution in [3.05, 3.63) is 90.0 Å². The second-order valence-corrected chi connectivity index (χ2v) is 8.36. The van der Waals surface area contributed by atoms with Crippen LogP contribution in [-0.2, 0) is 4.79 Å². The molecule has 0 saturated heterocycles. The van der Waals surface area contributed by atoms with Crippen LogP contribution >= 0.6 is 0 Å². The van der Waals surface area contributed by atoms with E-state index in [1.165, 1.54) is 0 Å². The minimum absolute atomic E-state index is 0.228. The maximum atomic E-state index is 8.89. The Balaban J connectivity index is 0.000000945. The topological polar surface area (TPSA) is 80.1 Å². The highest BCUT2D eigenvalue weighted by Crippen LogP contribution is 2.13. The molecule has 8 heteroatoms. The van der Waals surface area contributed by atoms with Gasteiger partial charge in [0.1, 0.15) is 0 Å². The maximum absolute atomic E-state index is 8.89. The van der Waals surface area contributed by atoms with Crippen LogP contribution in [0.1, 0.15) is 43.6 Å². The van der Waals surface area contributed by atoms with Gasteiger partial charge in [-0.1, -0.05) is 84.7 Å². The van der Waals surface area contributed by atoms with Gasteiger partial charge in [-0.15, -0.1) is 9.35 Å². The summed E-state index contributed by atoms with van der Waals surface area (Å²) >= 11 is 0. The Hall–Kier alpha value is -3.94. The van der Waals surface area contributed by atoms with Crippen LogP contribution in [0, 0.1) is 0 Å². The molecule has 3 aromatic rings. The van der Waals surface area contributed by atoms with E-state index in [2.05, 4.69) is 38.1 Å².